The summed E-state index contributed by atoms with van der Waals surface area (Å²) >= 11 is 0. The van der Waals surface area contributed by atoms with E-state index in [1.165, 1.54) is 46.0 Å². The van der Waals surface area contributed by atoms with Gasteiger partial charge in [-0.15, -0.1) is 0 Å². The molecule has 2 atom stereocenters. The second-order valence-electron chi connectivity index (χ2n) is 8.88. The fraction of sp³-hybridized carbons (Fsp3) is 0.333. The lowest BCUT2D eigenvalue weighted by molar-refractivity contribution is -0.138. The van der Waals surface area contributed by atoms with Crippen molar-refractivity contribution < 1.29 is 22.4 Å². The lowest BCUT2D eigenvalue weighted by Crippen LogP contribution is -2.38. The highest BCUT2D eigenvalue weighted by atomic mass is 19.4. The zero-order chi connectivity index (χ0) is 25.1. The number of amides is 1. The minimum Gasteiger partial charge on any atom is -0.342 e. The van der Waals surface area contributed by atoms with Crippen molar-refractivity contribution in [2.45, 2.75) is 12.2 Å². The number of hydrogen-bond donors (Lipinski definition) is 0. The molecule has 0 N–H and O–H groups in total. The van der Waals surface area contributed by atoms with Crippen molar-refractivity contribution >= 4 is 11.9 Å². The molecule has 1 saturated carbocycles. The molecule has 1 amide bonds. The molecule has 0 radical (unpaired) electrons. The Labute approximate surface area is 197 Å². The molecule has 1 aromatic carbocycles. The van der Waals surface area contributed by atoms with Gasteiger partial charge in [-0.3, -0.25) is 19.1 Å². The minimum atomic E-state index is -4.62. The molecule has 3 heterocycles. The number of carbonyl (C=O) groups excluding carboxylic acids is 1. The summed E-state index contributed by atoms with van der Waals surface area (Å²) in [6.07, 6.45) is -2.16. The predicted molar refractivity (Wildman–Crippen MR) is 119 cm³/mol. The zero-order valence-electron chi connectivity index (χ0n) is 18.8. The van der Waals surface area contributed by atoms with E-state index in [4.69, 9.17) is 0 Å². The molecule has 1 aliphatic carbocycles. The fourth-order valence-electron chi connectivity index (χ4n) is 5.02. The molecule has 2 aliphatic rings. The van der Waals surface area contributed by atoms with E-state index in [0.29, 0.717) is 19.0 Å². The summed E-state index contributed by atoms with van der Waals surface area (Å²) in [5, 5.41) is 0. The first kappa shape index (κ1) is 23.0. The maximum absolute atomic E-state index is 14.2. The monoisotopic (exact) mass is 487 g/mol. The Morgan fingerprint density at radius 1 is 1.14 bits per heavy atom. The average Bonchev–Trinajstić information content (AvgIpc) is 3.32. The summed E-state index contributed by atoms with van der Waals surface area (Å²) in [7, 11) is 3.33. The van der Waals surface area contributed by atoms with Crippen LogP contribution in [0.1, 0.15) is 15.9 Å². The topological polar surface area (TPSA) is 71.3 Å². The van der Waals surface area contributed by atoms with Crippen molar-refractivity contribution in [1.82, 2.24) is 19.4 Å². The van der Waals surface area contributed by atoms with Crippen molar-refractivity contribution in [1.29, 1.82) is 0 Å². The van der Waals surface area contributed by atoms with Crippen molar-refractivity contribution in [2.75, 3.05) is 25.0 Å². The molecule has 35 heavy (non-hydrogen) atoms. The summed E-state index contributed by atoms with van der Waals surface area (Å²) < 4.78 is 55.6. The molecule has 5 rings (SSSR count). The standard InChI is InChI=1S/C24H21F4N5O2/c1-31-20(34)9-19(14-7-8-29-10-18(14)25)30-23(31)32(2)21-15-11-33(12-16(15)21)22(35)13-5-3-4-6-17(13)24(26,27)28/h3-10,15-16,21H,11-12H2,1-2H3. The quantitative estimate of drug-likeness (QED) is 0.529. The number of piperidine rings is 1. The number of benzene rings is 1. The lowest BCUT2D eigenvalue weighted by Gasteiger charge is -2.27. The van der Waals surface area contributed by atoms with Crippen LogP contribution in [0.3, 0.4) is 0 Å². The van der Waals surface area contributed by atoms with Gasteiger partial charge in [0, 0.05) is 62.9 Å². The summed E-state index contributed by atoms with van der Waals surface area (Å²) in [4.78, 5) is 36.9. The maximum Gasteiger partial charge on any atom is 0.417 e. The fourth-order valence-corrected chi connectivity index (χ4v) is 5.02. The third kappa shape index (κ3) is 3.94. The number of alkyl halides is 3. The SMILES string of the molecule is CN(c1nc(-c2ccncc2F)cc(=O)n1C)C1C2CN(C(=O)c3ccccc3C(F)(F)F)CC21. The van der Waals surface area contributed by atoms with Crippen molar-refractivity contribution in [3.63, 3.8) is 0 Å². The molecule has 1 aliphatic heterocycles. The second kappa shape index (κ2) is 8.17. The molecule has 0 bridgehead atoms. The average molecular weight is 487 g/mol. The second-order valence-corrected chi connectivity index (χ2v) is 8.88. The van der Waals surface area contributed by atoms with E-state index >= 15 is 0 Å². The highest BCUT2D eigenvalue weighted by molar-refractivity contribution is 5.96. The van der Waals surface area contributed by atoms with Crippen molar-refractivity contribution in [3.8, 4) is 11.3 Å². The van der Waals surface area contributed by atoms with Gasteiger partial charge in [-0.25, -0.2) is 9.37 Å². The number of likely N-dealkylation sites (tertiary alicyclic amines) is 1. The molecule has 11 heteroatoms. The van der Waals surface area contributed by atoms with E-state index in [-0.39, 0.29) is 40.3 Å². The van der Waals surface area contributed by atoms with Crippen LogP contribution < -0.4 is 10.5 Å². The van der Waals surface area contributed by atoms with Crippen LogP contribution in [0.15, 0.2) is 53.6 Å². The van der Waals surface area contributed by atoms with E-state index in [2.05, 4.69) is 9.97 Å². The minimum absolute atomic E-state index is 0.0280. The van der Waals surface area contributed by atoms with Gasteiger partial charge in [0.1, 0.15) is 0 Å². The summed E-state index contributed by atoms with van der Waals surface area (Å²) in [5.41, 5.74) is -1.33. The van der Waals surface area contributed by atoms with Gasteiger partial charge in [0.05, 0.1) is 23.0 Å². The van der Waals surface area contributed by atoms with Gasteiger partial charge in [-0.2, -0.15) is 13.2 Å². The Morgan fingerprint density at radius 2 is 1.83 bits per heavy atom. The summed E-state index contributed by atoms with van der Waals surface area (Å²) in [6, 6.07) is 7.42. The van der Waals surface area contributed by atoms with Crippen LogP contribution in [0, 0.1) is 17.7 Å². The number of fused-ring (bicyclic) bond motifs is 1. The van der Waals surface area contributed by atoms with Gasteiger partial charge in [0.2, 0.25) is 5.95 Å². The van der Waals surface area contributed by atoms with Crippen LogP contribution in [-0.4, -0.2) is 51.5 Å². The molecule has 2 aromatic heterocycles. The molecule has 0 spiro atoms. The number of nitrogens with zero attached hydrogens (tertiary/aromatic N) is 5. The van der Waals surface area contributed by atoms with E-state index in [1.807, 2.05) is 4.90 Å². The number of halogens is 4. The highest BCUT2D eigenvalue weighted by Crippen LogP contribution is 2.50. The van der Waals surface area contributed by atoms with Crippen LogP contribution in [0.25, 0.3) is 11.3 Å². The maximum atomic E-state index is 14.2. The Balaban J connectivity index is 1.35. The van der Waals surface area contributed by atoms with Gasteiger partial charge in [-0.1, -0.05) is 12.1 Å². The first-order valence-electron chi connectivity index (χ1n) is 10.9. The predicted octanol–water partition coefficient (Wildman–Crippen LogP) is 3.21. The van der Waals surface area contributed by atoms with Gasteiger partial charge in [-0.05, 0) is 18.2 Å². The molecular formula is C24H21F4N5O2. The van der Waals surface area contributed by atoms with Crippen LogP contribution in [0.5, 0.6) is 0 Å². The molecule has 7 nitrogen and oxygen atoms in total. The third-order valence-corrected chi connectivity index (χ3v) is 6.82. The van der Waals surface area contributed by atoms with Gasteiger partial charge < -0.3 is 9.80 Å². The molecular weight excluding hydrogens is 466 g/mol. The highest BCUT2D eigenvalue weighted by Gasteiger charge is 2.59. The third-order valence-electron chi connectivity index (χ3n) is 6.82. The number of hydrogen-bond acceptors (Lipinski definition) is 5. The molecule has 182 valence electrons. The Kier molecular flexibility index (Phi) is 5.37. The number of pyridine rings is 1. The van der Waals surface area contributed by atoms with Gasteiger partial charge in [0.25, 0.3) is 11.5 Å². The number of aromatic nitrogens is 3. The van der Waals surface area contributed by atoms with E-state index < -0.39 is 23.5 Å². The Hall–Kier alpha value is -3.76. The molecule has 1 saturated heterocycles. The first-order valence-corrected chi connectivity index (χ1v) is 10.9. The van der Waals surface area contributed by atoms with Crippen LogP contribution >= 0.6 is 0 Å². The number of carbonyl (C=O) groups is 1. The molecule has 2 unspecified atom stereocenters. The van der Waals surface area contributed by atoms with Gasteiger partial charge in [0.15, 0.2) is 5.82 Å². The summed E-state index contributed by atoms with van der Waals surface area (Å²) in [5.74, 6) is -0.852. The molecule has 2 fully saturated rings. The van der Waals surface area contributed by atoms with Gasteiger partial charge >= 0.3 is 6.18 Å². The van der Waals surface area contributed by atoms with Crippen LogP contribution in [0.2, 0.25) is 0 Å². The van der Waals surface area contributed by atoms with E-state index in [1.54, 1.807) is 14.1 Å². The van der Waals surface area contributed by atoms with E-state index in [9.17, 15) is 27.2 Å². The van der Waals surface area contributed by atoms with Crippen molar-refractivity contribution in [2.24, 2.45) is 18.9 Å². The summed E-state index contributed by atoms with van der Waals surface area (Å²) in [6.45, 7) is 0.606. The zero-order valence-corrected chi connectivity index (χ0v) is 18.8. The lowest BCUT2D eigenvalue weighted by atomic mass is 10.1. The van der Waals surface area contributed by atoms with Crippen molar-refractivity contribution in [3.05, 3.63) is 76.1 Å². The number of anilines is 1. The Bertz CT molecular complexity index is 1360. The first-order chi connectivity index (χ1) is 16.6. The molecule has 3 aromatic rings. The smallest absolute Gasteiger partial charge is 0.342 e. The van der Waals surface area contributed by atoms with E-state index in [0.717, 1.165) is 12.3 Å². The van der Waals surface area contributed by atoms with Crippen LogP contribution in [0.4, 0.5) is 23.5 Å². The largest absolute Gasteiger partial charge is 0.417 e. The Morgan fingerprint density at radius 3 is 2.49 bits per heavy atom. The number of rotatable bonds is 4. The normalized spacial score (nSPS) is 21.1. The van der Waals surface area contributed by atoms with Crippen LogP contribution in [-0.2, 0) is 13.2 Å².